The second-order valence-corrected chi connectivity index (χ2v) is 10.1. The average molecular weight is 477 g/mol. The van der Waals surface area contributed by atoms with Crippen LogP contribution in [0.4, 0.5) is 4.79 Å². The van der Waals surface area contributed by atoms with Crippen LogP contribution in [0.15, 0.2) is 48.5 Å². The third-order valence-corrected chi connectivity index (χ3v) is 8.07. The topological polar surface area (TPSA) is 95.9 Å². The van der Waals surface area contributed by atoms with Crippen molar-refractivity contribution in [1.82, 2.24) is 10.2 Å². The van der Waals surface area contributed by atoms with E-state index in [1.54, 1.807) is 7.05 Å². The molecule has 2 amide bonds. The van der Waals surface area contributed by atoms with Gasteiger partial charge in [-0.15, -0.1) is 0 Å². The van der Waals surface area contributed by atoms with Crippen LogP contribution in [0, 0.1) is 5.92 Å². The van der Waals surface area contributed by atoms with Crippen LogP contribution in [0.3, 0.4) is 0 Å². The first-order chi connectivity index (χ1) is 16.9. The van der Waals surface area contributed by atoms with E-state index >= 15 is 0 Å². The number of aliphatic carboxylic acids is 1. The van der Waals surface area contributed by atoms with E-state index in [0.29, 0.717) is 25.7 Å². The van der Waals surface area contributed by atoms with Crippen molar-refractivity contribution >= 4 is 18.0 Å². The molecular weight excluding hydrogens is 444 g/mol. The Hall–Kier alpha value is -3.35. The molecule has 2 aromatic rings. The van der Waals surface area contributed by atoms with E-state index in [1.165, 1.54) is 16.0 Å². The molecular formula is C28H32N2O5. The summed E-state index contributed by atoms with van der Waals surface area (Å²) < 4.78 is 5.72. The first-order valence-corrected chi connectivity index (χ1v) is 12.5. The normalized spacial score (nSPS) is 22.3. The van der Waals surface area contributed by atoms with Gasteiger partial charge in [0.1, 0.15) is 12.1 Å². The number of carbonyl (C=O) groups excluding carboxylic acids is 2. The zero-order chi connectivity index (χ0) is 24.6. The number of carboxylic acids is 1. The first-order valence-electron chi connectivity index (χ1n) is 12.5. The minimum atomic E-state index is -1.09. The summed E-state index contributed by atoms with van der Waals surface area (Å²) in [4.78, 5) is 39.4. The lowest BCUT2D eigenvalue weighted by Crippen LogP contribution is -2.52. The maximum atomic E-state index is 13.3. The number of carboxylic acid groups (broad SMARTS) is 1. The van der Waals surface area contributed by atoms with Gasteiger partial charge in [0.15, 0.2) is 0 Å². The van der Waals surface area contributed by atoms with Crippen molar-refractivity contribution in [2.75, 3.05) is 13.7 Å². The minimum absolute atomic E-state index is 0.0314. The van der Waals surface area contributed by atoms with Crippen molar-refractivity contribution in [2.45, 2.75) is 62.4 Å². The second kappa shape index (κ2) is 9.36. The Balaban J connectivity index is 1.26. The summed E-state index contributed by atoms with van der Waals surface area (Å²) >= 11 is 0. The van der Waals surface area contributed by atoms with Gasteiger partial charge >= 0.3 is 12.1 Å². The molecule has 5 rings (SSSR count). The maximum absolute atomic E-state index is 13.3. The van der Waals surface area contributed by atoms with Crippen LogP contribution in [-0.4, -0.2) is 53.2 Å². The number of fused-ring (bicyclic) bond motifs is 3. The molecule has 2 fully saturated rings. The van der Waals surface area contributed by atoms with Gasteiger partial charge in [0.2, 0.25) is 5.91 Å². The van der Waals surface area contributed by atoms with Crippen LogP contribution in [0.5, 0.6) is 0 Å². The van der Waals surface area contributed by atoms with Crippen molar-refractivity contribution < 1.29 is 24.2 Å². The van der Waals surface area contributed by atoms with E-state index < -0.39 is 23.5 Å². The number of likely N-dealkylation sites (N-methyl/N-ethyl adjacent to an activating group) is 1. The molecule has 7 heteroatoms. The number of nitrogens with one attached hydrogen (secondary N) is 1. The van der Waals surface area contributed by atoms with Gasteiger partial charge in [-0.3, -0.25) is 4.79 Å². The quantitative estimate of drug-likeness (QED) is 0.597. The van der Waals surface area contributed by atoms with Gasteiger partial charge in [0.05, 0.1) is 5.92 Å². The summed E-state index contributed by atoms with van der Waals surface area (Å²) in [6.45, 7) is 0.215. The molecule has 2 atom stereocenters. The third-order valence-electron chi connectivity index (χ3n) is 8.07. The number of nitrogens with zero attached hydrogens (tertiary/aromatic N) is 1. The van der Waals surface area contributed by atoms with Crippen LogP contribution < -0.4 is 5.32 Å². The highest BCUT2D eigenvalue weighted by Crippen LogP contribution is 2.45. The molecule has 184 valence electrons. The number of carbonyl (C=O) groups is 3. The Bertz CT molecular complexity index is 1100. The summed E-state index contributed by atoms with van der Waals surface area (Å²) in [6, 6.07) is 16.0. The van der Waals surface area contributed by atoms with Crippen molar-refractivity contribution in [3.8, 4) is 11.1 Å². The summed E-state index contributed by atoms with van der Waals surface area (Å²) in [6.07, 6.45) is 4.50. The fourth-order valence-electron chi connectivity index (χ4n) is 5.84. The van der Waals surface area contributed by atoms with Gasteiger partial charge in [-0.2, -0.15) is 0 Å². The molecule has 0 aromatic heterocycles. The summed E-state index contributed by atoms with van der Waals surface area (Å²) in [5.41, 5.74) is 3.55. The molecule has 0 saturated heterocycles. The zero-order valence-corrected chi connectivity index (χ0v) is 20.0. The van der Waals surface area contributed by atoms with Crippen LogP contribution in [-0.2, 0) is 14.3 Å². The van der Waals surface area contributed by atoms with E-state index in [0.717, 1.165) is 30.4 Å². The standard InChI is InChI=1S/C28H32N2O5/c1-30(28(15-16-28)26(32)33)25(31)22-13-3-2-4-14-24(22)29-27(34)35-17-23-20-11-7-5-9-18(20)19-10-6-8-12-21(19)23/h5-12,22-24H,2-4,13-17H2,1H3,(H,29,34)(H,32,33)/t22-,24+/m0/s1. The molecule has 2 N–H and O–H groups in total. The number of amides is 2. The Morgan fingerprint density at radius 2 is 1.57 bits per heavy atom. The van der Waals surface area contributed by atoms with Crippen LogP contribution in [0.1, 0.15) is 62.0 Å². The van der Waals surface area contributed by atoms with Crippen molar-refractivity contribution in [2.24, 2.45) is 5.92 Å². The number of ether oxygens (including phenoxy) is 1. The van der Waals surface area contributed by atoms with E-state index in [2.05, 4.69) is 29.6 Å². The monoisotopic (exact) mass is 476 g/mol. The molecule has 35 heavy (non-hydrogen) atoms. The number of hydrogen-bond acceptors (Lipinski definition) is 4. The number of alkyl carbamates (subject to hydrolysis) is 1. The maximum Gasteiger partial charge on any atom is 0.407 e. The third kappa shape index (κ3) is 4.28. The molecule has 0 radical (unpaired) electrons. The Morgan fingerprint density at radius 3 is 2.17 bits per heavy atom. The molecule has 0 bridgehead atoms. The van der Waals surface area contributed by atoms with Crippen LogP contribution in [0.25, 0.3) is 11.1 Å². The highest BCUT2D eigenvalue weighted by Gasteiger charge is 2.56. The van der Waals surface area contributed by atoms with E-state index in [-0.39, 0.29) is 24.5 Å². The van der Waals surface area contributed by atoms with Gasteiger partial charge in [0, 0.05) is 19.0 Å². The van der Waals surface area contributed by atoms with Gasteiger partial charge < -0.3 is 20.1 Å². The molecule has 2 aromatic carbocycles. The van der Waals surface area contributed by atoms with Gasteiger partial charge in [-0.25, -0.2) is 9.59 Å². The molecule has 2 saturated carbocycles. The molecule has 0 spiro atoms. The van der Waals surface area contributed by atoms with Crippen molar-refractivity contribution in [3.05, 3.63) is 59.7 Å². The van der Waals surface area contributed by atoms with Gasteiger partial charge in [-0.05, 0) is 47.9 Å². The van der Waals surface area contributed by atoms with E-state index in [4.69, 9.17) is 4.74 Å². The highest BCUT2D eigenvalue weighted by atomic mass is 16.5. The molecule has 0 heterocycles. The summed E-state index contributed by atoms with van der Waals surface area (Å²) in [5.74, 6) is -1.63. The van der Waals surface area contributed by atoms with Crippen LogP contribution >= 0.6 is 0 Å². The predicted molar refractivity (Wildman–Crippen MR) is 131 cm³/mol. The van der Waals surface area contributed by atoms with E-state index in [9.17, 15) is 19.5 Å². The van der Waals surface area contributed by atoms with E-state index in [1.807, 2.05) is 24.3 Å². The fourth-order valence-corrected chi connectivity index (χ4v) is 5.84. The largest absolute Gasteiger partial charge is 0.479 e. The smallest absolute Gasteiger partial charge is 0.407 e. The average Bonchev–Trinajstić information content (AvgIpc) is 3.65. The van der Waals surface area contributed by atoms with Crippen LogP contribution in [0.2, 0.25) is 0 Å². The highest BCUT2D eigenvalue weighted by molar-refractivity contribution is 5.91. The molecule has 0 unspecified atom stereocenters. The van der Waals surface area contributed by atoms with Gasteiger partial charge in [-0.1, -0.05) is 67.8 Å². The predicted octanol–water partition coefficient (Wildman–Crippen LogP) is 4.55. The lowest BCUT2D eigenvalue weighted by Gasteiger charge is -2.32. The van der Waals surface area contributed by atoms with Crippen molar-refractivity contribution in [1.29, 1.82) is 0 Å². The fraction of sp³-hybridized carbons (Fsp3) is 0.464. The van der Waals surface area contributed by atoms with Crippen molar-refractivity contribution in [3.63, 3.8) is 0 Å². The zero-order valence-electron chi connectivity index (χ0n) is 20.0. The SMILES string of the molecule is CN(C(=O)[C@H]1CCCCC[C@H]1NC(=O)OCC1c2ccccc2-c2ccccc21)C1(C(=O)O)CC1. The number of benzene rings is 2. The number of hydrogen-bond donors (Lipinski definition) is 2. The Kier molecular flexibility index (Phi) is 6.26. The second-order valence-electron chi connectivity index (χ2n) is 10.1. The molecule has 3 aliphatic carbocycles. The van der Waals surface area contributed by atoms with Gasteiger partial charge in [0.25, 0.3) is 0 Å². The summed E-state index contributed by atoms with van der Waals surface area (Å²) in [5, 5.41) is 12.6. The summed E-state index contributed by atoms with van der Waals surface area (Å²) in [7, 11) is 1.58. The lowest BCUT2D eigenvalue weighted by atomic mass is 9.92. The number of rotatable bonds is 6. The Morgan fingerprint density at radius 1 is 0.971 bits per heavy atom. The first kappa shape index (κ1) is 23.4. The molecule has 7 nitrogen and oxygen atoms in total. The lowest BCUT2D eigenvalue weighted by molar-refractivity contribution is -0.153. The Labute approximate surface area is 205 Å². The minimum Gasteiger partial charge on any atom is -0.479 e. The molecule has 3 aliphatic rings. The molecule has 0 aliphatic heterocycles.